The Balaban J connectivity index is 2.00. The fraction of sp³-hybridized carbons (Fsp3) is 0.667. The van der Waals surface area contributed by atoms with Crippen molar-refractivity contribution in [3.63, 3.8) is 0 Å². The Labute approximate surface area is 119 Å². The molecule has 0 saturated carbocycles. The highest BCUT2D eigenvalue weighted by molar-refractivity contribution is 4.94. The van der Waals surface area contributed by atoms with Crippen LogP contribution in [-0.2, 0) is 0 Å². The summed E-state index contributed by atoms with van der Waals surface area (Å²) in [5.74, 6) is 0.811. The molecule has 1 nitrogen and oxygen atoms in total. The van der Waals surface area contributed by atoms with E-state index >= 15 is 0 Å². The molecule has 0 fully saturated rings. The number of hydrogen-bond donors (Lipinski definition) is 1. The van der Waals surface area contributed by atoms with Crippen LogP contribution >= 0.6 is 0 Å². The lowest BCUT2D eigenvalue weighted by atomic mass is 9.90. The van der Waals surface area contributed by atoms with Gasteiger partial charge >= 0.3 is 0 Å². The molecule has 0 aliphatic heterocycles. The minimum atomic E-state index is 0.640. The SMILES string of the molecule is CC/C=C\CC=CCCNC(C)CC1C=CCCC1. The zero-order chi connectivity index (χ0) is 13.8. The van der Waals surface area contributed by atoms with Crippen molar-refractivity contribution in [1.29, 1.82) is 0 Å². The number of rotatable bonds is 9. The maximum absolute atomic E-state index is 3.63. The van der Waals surface area contributed by atoms with E-state index in [-0.39, 0.29) is 0 Å². The summed E-state index contributed by atoms with van der Waals surface area (Å²) in [7, 11) is 0. The molecule has 0 heterocycles. The van der Waals surface area contributed by atoms with E-state index in [9.17, 15) is 0 Å². The molecule has 0 aromatic rings. The molecule has 0 radical (unpaired) electrons. The van der Waals surface area contributed by atoms with Gasteiger partial charge in [-0.05, 0) is 64.3 Å². The van der Waals surface area contributed by atoms with E-state index in [0.29, 0.717) is 6.04 Å². The van der Waals surface area contributed by atoms with Crippen molar-refractivity contribution in [1.82, 2.24) is 5.32 Å². The van der Waals surface area contributed by atoms with E-state index in [2.05, 4.69) is 55.6 Å². The second kappa shape index (κ2) is 11.0. The van der Waals surface area contributed by atoms with Gasteiger partial charge in [0.25, 0.3) is 0 Å². The van der Waals surface area contributed by atoms with Gasteiger partial charge in [0, 0.05) is 6.04 Å². The van der Waals surface area contributed by atoms with E-state index in [1.54, 1.807) is 0 Å². The Morgan fingerprint density at radius 1 is 1.26 bits per heavy atom. The predicted molar refractivity (Wildman–Crippen MR) is 86.4 cm³/mol. The second-order valence-corrected chi connectivity index (χ2v) is 5.59. The van der Waals surface area contributed by atoms with Gasteiger partial charge in [-0.25, -0.2) is 0 Å². The van der Waals surface area contributed by atoms with Crippen molar-refractivity contribution in [3.8, 4) is 0 Å². The largest absolute Gasteiger partial charge is 0.314 e. The van der Waals surface area contributed by atoms with Crippen LogP contribution in [0.2, 0.25) is 0 Å². The van der Waals surface area contributed by atoms with E-state index in [1.807, 2.05) is 0 Å². The van der Waals surface area contributed by atoms with Gasteiger partial charge < -0.3 is 5.32 Å². The van der Waals surface area contributed by atoms with Crippen molar-refractivity contribution < 1.29 is 0 Å². The average Bonchev–Trinajstić information content (AvgIpc) is 2.43. The molecule has 2 unspecified atom stereocenters. The number of hydrogen-bond acceptors (Lipinski definition) is 1. The molecular weight excluding hydrogens is 230 g/mol. The van der Waals surface area contributed by atoms with Gasteiger partial charge in [0.15, 0.2) is 0 Å². The molecular formula is C18H31N. The molecule has 0 saturated heterocycles. The van der Waals surface area contributed by atoms with Gasteiger partial charge in [0.2, 0.25) is 0 Å². The third-order valence-corrected chi connectivity index (χ3v) is 3.66. The van der Waals surface area contributed by atoms with E-state index in [0.717, 1.165) is 31.7 Å². The Bertz CT molecular complexity index is 288. The third kappa shape index (κ3) is 8.83. The molecule has 1 N–H and O–H groups in total. The molecule has 1 rings (SSSR count). The van der Waals surface area contributed by atoms with Crippen molar-refractivity contribution >= 4 is 0 Å². The molecule has 0 aromatic heterocycles. The summed E-state index contributed by atoms with van der Waals surface area (Å²) >= 11 is 0. The Morgan fingerprint density at radius 3 is 2.84 bits per heavy atom. The third-order valence-electron chi connectivity index (χ3n) is 3.66. The van der Waals surface area contributed by atoms with Gasteiger partial charge in [-0.15, -0.1) is 0 Å². The fourth-order valence-electron chi connectivity index (χ4n) is 2.59. The molecule has 2 atom stereocenters. The van der Waals surface area contributed by atoms with Gasteiger partial charge in [-0.1, -0.05) is 43.4 Å². The highest BCUT2D eigenvalue weighted by atomic mass is 14.9. The Kier molecular flexibility index (Phi) is 9.44. The van der Waals surface area contributed by atoms with Crippen LogP contribution in [0.3, 0.4) is 0 Å². The lowest BCUT2D eigenvalue weighted by molar-refractivity contribution is 0.418. The smallest absolute Gasteiger partial charge is 0.00444 e. The van der Waals surface area contributed by atoms with Crippen LogP contribution in [0.15, 0.2) is 36.5 Å². The molecule has 1 aliphatic rings. The maximum Gasteiger partial charge on any atom is 0.00444 e. The highest BCUT2D eigenvalue weighted by Gasteiger charge is 2.11. The summed E-state index contributed by atoms with van der Waals surface area (Å²) in [6, 6.07) is 0.640. The maximum atomic E-state index is 3.63. The molecule has 1 heteroatoms. The minimum Gasteiger partial charge on any atom is -0.314 e. The normalized spacial score (nSPS) is 21.5. The monoisotopic (exact) mass is 261 g/mol. The van der Waals surface area contributed by atoms with Crippen LogP contribution in [0.25, 0.3) is 0 Å². The van der Waals surface area contributed by atoms with Gasteiger partial charge in [0.1, 0.15) is 0 Å². The first-order valence-electron chi connectivity index (χ1n) is 8.03. The summed E-state index contributed by atoms with van der Waals surface area (Å²) in [5.41, 5.74) is 0. The van der Waals surface area contributed by atoms with Crippen LogP contribution in [0.5, 0.6) is 0 Å². The van der Waals surface area contributed by atoms with E-state index < -0.39 is 0 Å². The molecule has 0 bridgehead atoms. The van der Waals surface area contributed by atoms with Crippen molar-refractivity contribution in [2.45, 2.75) is 64.8 Å². The van der Waals surface area contributed by atoms with Gasteiger partial charge in [-0.3, -0.25) is 0 Å². The molecule has 0 spiro atoms. The standard InChI is InChI=1S/C18H31N/c1-3-4-5-6-7-8-12-15-19-17(2)16-18-13-10-9-11-14-18/h4-5,7-8,10,13,17-19H,3,6,9,11-12,14-16H2,1-2H3/b5-4-,8-7?. The second-order valence-electron chi connectivity index (χ2n) is 5.59. The summed E-state index contributed by atoms with van der Waals surface area (Å²) in [5, 5.41) is 3.63. The predicted octanol–water partition coefficient (Wildman–Crippen LogP) is 5.01. The summed E-state index contributed by atoms with van der Waals surface area (Å²) < 4.78 is 0. The Morgan fingerprint density at radius 2 is 2.11 bits per heavy atom. The lowest BCUT2D eigenvalue weighted by Crippen LogP contribution is -2.29. The van der Waals surface area contributed by atoms with Crippen molar-refractivity contribution in [3.05, 3.63) is 36.5 Å². The molecule has 0 amide bonds. The summed E-state index contributed by atoms with van der Waals surface area (Å²) in [6.07, 6.45) is 22.5. The zero-order valence-electron chi connectivity index (χ0n) is 12.8. The molecule has 19 heavy (non-hydrogen) atoms. The Hall–Kier alpha value is -0.820. The zero-order valence-corrected chi connectivity index (χ0v) is 12.8. The minimum absolute atomic E-state index is 0.640. The van der Waals surface area contributed by atoms with Crippen LogP contribution in [0.4, 0.5) is 0 Å². The van der Waals surface area contributed by atoms with Crippen molar-refractivity contribution in [2.24, 2.45) is 5.92 Å². The summed E-state index contributed by atoms with van der Waals surface area (Å²) in [6.45, 7) is 5.59. The molecule has 1 aliphatic carbocycles. The molecule has 108 valence electrons. The lowest BCUT2D eigenvalue weighted by Gasteiger charge is -2.21. The average molecular weight is 261 g/mol. The van der Waals surface area contributed by atoms with E-state index in [4.69, 9.17) is 0 Å². The summed E-state index contributed by atoms with van der Waals surface area (Å²) in [4.78, 5) is 0. The van der Waals surface area contributed by atoms with Crippen LogP contribution < -0.4 is 5.32 Å². The first kappa shape index (κ1) is 16.2. The first-order chi connectivity index (χ1) is 9.33. The van der Waals surface area contributed by atoms with Crippen molar-refractivity contribution in [2.75, 3.05) is 6.54 Å². The van der Waals surface area contributed by atoms with E-state index in [1.165, 1.54) is 25.7 Å². The van der Waals surface area contributed by atoms with Crippen LogP contribution in [0, 0.1) is 5.92 Å². The van der Waals surface area contributed by atoms with Crippen LogP contribution in [-0.4, -0.2) is 12.6 Å². The first-order valence-corrected chi connectivity index (χ1v) is 8.03. The fourth-order valence-corrected chi connectivity index (χ4v) is 2.59. The number of nitrogens with one attached hydrogen (secondary N) is 1. The van der Waals surface area contributed by atoms with Gasteiger partial charge in [0.05, 0.1) is 0 Å². The van der Waals surface area contributed by atoms with Gasteiger partial charge in [-0.2, -0.15) is 0 Å². The quantitative estimate of drug-likeness (QED) is 0.454. The van der Waals surface area contributed by atoms with Crippen LogP contribution in [0.1, 0.15) is 58.8 Å². The number of allylic oxidation sites excluding steroid dienone is 5. The molecule has 0 aromatic carbocycles. The topological polar surface area (TPSA) is 12.0 Å². The highest BCUT2D eigenvalue weighted by Crippen LogP contribution is 2.21.